The van der Waals surface area contributed by atoms with Crippen molar-refractivity contribution in [2.45, 2.75) is 11.8 Å². The van der Waals surface area contributed by atoms with Crippen molar-refractivity contribution < 1.29 is 17.3 Å². The molecule has 0 amide bonds. The lowest BCUT2D eigenvalue weighted by Crippen LogP contribution is -2.13. The quantitative estimate of drug-likeness (QED) is 0.603. The van der Waals surface area contributed by atoms with E-state index in [-0.39, 0.29) is 18.1 Å². The smallest absolute Gasteiger partial charge is 0.297 e. The van der Waals surface area contributed by atoms with Gasteiger partial charge in [0.25, 0.3) is 10.1 Å². The molecule has 0 radical (unpaired) electrons. The topological polar surface area (TPSA) is 65.5 Å². The molecule has 0 N–H and O–H groups in total. The largest absolute Gasteiger partial charge is 0.491 e. The van der Waals surface area contributed by atoms with Gasteiger partial charge in [0.1, 0.15) is 19.0 Å². The highest BCUT2D eigenvalue weighted by Gasteiger charge is 2.14. The second-order valence-corrected chi connectivity index (χ2v) is 5.74. The van der Waals surface area contributed by atoms with Crippen LogP contribution < -0.4 is 4.74 Å². The number of nitrogens with zero attached hydrogens (tertiary/aromatic N) is 1. The minimum atomic E-state index is -3.72. The molecule has 0 aliphatic rings. The molecule has 1 aromatic heterocycles. The summed E-state index contributed by atoms with van der Waals surface area (Å²) in [4.78, 5) is 4.00. The molecule has 0 saturated heterocycles. The summed E-state index contributed by atoms with van der Waals surface area (Å²) < 4.78 is 34.0. The molecule has 0 aliphatic heterocycles. The van der Waals surface area contributed by atoms with Gasteiger partial charge in [0.05, 0.1) is 4.90 Å². The van der Waals surface area contributed by atoms with E-state index < -0.39 is 10.1 Å². The van der Waals surface area contributed by atoms with Crippen molar-refractivity contribution in [2.75, 3.05) is 13.2 Å². The van der Waals surface area contributed by atoms with Crippen molar-refractivity contribution in [3.63, 3.8) is 0 Å². The fourth-order valence-corrected chi connectivity index (χ4v) is 2.40. The Bertz CT molecular complexity index is 639. The zero-order valence-electron chi connectivity index (χ0n) is 11.0. The van der Waals surface area contributed by atoms with E-state index in [0.717, 1.165) is 5.56 Å². The fraction of sp³-hybridized carbons (Fsp3) is 0.214. The lowest BCUT2D eigenvalue weighted by molar-refractivity contribution is 0.221. The molecular formula is C14H15NO4S. The minimum absolute atomic E-state index is 0.0431. The van der Waals surface area contributed by atoms with Gasteiger partial charge in [-0.2, -0.15) is 8.42 Å². The first-order chi connectivity index (χ1) is 9.58. The SMILES string of the molecule is Cc1ccc(S(=O)(=O)OCCOc2ccncc2)cc1. The van der Waals surface area contributed by atoms with Crippen LogP contribution >= 0.6 is 0 Å². The third-order valence-electron chi connectivity index (χ3n) is 2.55. The predicted molar refractivity (Wildman–Crippen MR) is 74.0 cm³/mol. The highest BCUT2D eigenvalue weighted by molar-refractivity contribution is 7.86. The van der Waals surface area contributed by atoms with Gasteiger partial charge >= 0.3 is 0 Å². The summed E-state index contributed by atoms with van der Waals surface area (Å²) >= 11 is 0. The number of hydrogen-bond donors (Lipinski definition) is 0. The highest BCUT2D eigenvalue weighted by atomic mass is 32.2. The molecule has 2 aromatic rings. The van der Waals surface area contributed by atoms with Crippen molar-refractivity contribution in [1.82, 2.24) is 4.98 Å². The van der Waals surface area contributed by atoms with Gasteiger partial charge in [-0.25, -0.2) is 0 Å². The number of pyridine rings is 1. The van der Waals surface area contributed by atoms with Gasteiger partial charge in [-0.15, -0.1) is 0 Å². The Hall–Kier alpha value is -1.92. The second-order valence-electron chi connectivity index (χ2n) is 4.12. The standard InChI is InChI=1S/C14H15NO4S/c1-12-2-4-14(5-3-12)20(16,17)19-11-10-18-13-6-8-15-9-7-13/h2-9H,10-11H2,1H3. The van der Waals surface area contributed by atoms with E-state index >= 15 is 0 Å². The van der Waals surface area contributed by atoms with Crippen LogP contribution in [0.25, 0.3) is 0 Å². The first-order valence-electron chi connectivity index (χ1n) is 6.07. The minimum Gasteiger partial charge on any atom is -0.491 e. The molecule has 5 nitrogen and oxygen atoms in total. The molecule has 2 rings (SSSR count). The summed E-state index contributed by atoms with van der Waals surface area (Å²) in [7, 11) is -3.72. The van der Waals surface area contributed by atoms with Crippen LogP contribution in [0.15, 0.2) is 53.7 Å². The van der Waals surface area contributed by atoms with E-state index in [1.165, 1.54) is 12.1 Å². The van der Waals surface area contributed by atoms with Crippen LogP contribution in [0, 0.1) is 6.92 Å². The number of rotatable bonds is 6. The van der Waals surface area contributed by atoms with Crippen molar-refractivity contribution in [3.05, 3.63) is 54.4 Å². The Kier molecular flexibility index (Phi) is 4.70. The summed E-state index contributed by atoms with van der Waals surface area (Å²) in [5, 5.41) is 0. The summed E-state index contributed by atoms with van der Waals surface area (Å²) in [6.45, 7) is 1.99. The molecule has 0 fully saturated rings. The van der Waals surface area contributed by atoms with Crippen LogP contribution in [-0.2, 0) is 14.3 Å². The average Bonchev–Trinajstić information content (AvgIpc) is 2.45. The van der Waals surface area contributed by atoms with Crippen molar-refractivity contribution >= 4 is 10.1 Å². The van der Waals surface area contributed by atoms with E-state index in [0.29, 0.717) is 5.75 Å². The number of aromatic nitrogens is 1. The van der Waals surface area contributed by atoms with Gasteiger partial charge in [-0.3, -0.25) is 9.17 Å². The molecule has 0 aliphatic carbocycles. The van der Waals surface area contributed by atoms with Crippen LogP contribution in [0.2, 0.25) is 0 Å². The number of hydrogen-bond acceptors (Lipinski definition) is 5. The molecule has 6 heteroatoms. The van der Waals surface area contributed by atoms with E-state index in [1.807, 2.05) is 6.92 Å². The van der Waals surface area contributed by atoms with Crippen LogP contribution in [0.3, 0.4) is 0 Å². The molecule has 0 atom stereocenters. The van der Waals surface area contributed by atoms with E-state index in [9.17, 15) is 8.42 Å². The Balaban J connectivity index is 1.85. The maximum atomic E-state index is 11.9. The zero-order valence-corrected chi connectivity index (χ0v) is 11.8. The summed E-state index contributed by atoms with van der Waals surface area (Å²) in [5.41, 5.74) is 0.991. The van der Waals surface area contributed by atoms with Gasteiger partial charge < -0.3 is 4.74 Å². The lowest BCUT2D eigenvalue weighted by Gasteiger charge is -2.07. The molecular weight excluding hydrogens is 278 g/mol. The molecule has 20 heavy (non-hydrogen) atoms. The summed E-state index contributed by atoms with van der Waals surface area (Å²) in [6, 6.07) is 9.87. The normalized spacial score (nSPS) is 11.2. The van der Waals surface area contributed by atoms with E-state index in [4.69, 9.17) is 8.92 Å². The van der Waals surface area contributed by atoms with Crippen LogP contribution in [0.4, 0.5) is 0 Å². The maximum Gasteiger partial charge on any atom is 0.297 e. The van der Waals surface area contributed by atoms with Gasteiger partial charge in [0, 0.05) is 12.4 Å². The second kappa shape index (κ2) is 6.49. The third-order valence-corrected chi connectivity index (χ3v) is 3.88. The highest BCUT2D eigenvalue weighted by Crippen LogP contribution is 2.13. The van der Waals surface area contributed by atoms with Crippen LogP contribution in [0.1, 0.15) is 5.56 Å². The molecule has 106 valence electrons. The van der Waals surface area contributed by atoms with Crippen molar-refractivity contribution in [1.29, 1.82) is 0 Å². The van der Waals surface area contributed by atoms with Crippen LogP contribution in [0.5, 0.6) is 5.75 Å². The Morgan fingerprint density at radius 2 is 1.65 bits per heavy atom. The molecule has 1 aromatic carbocycles. The fourth-order valence-electron chi connectivity index (χ4n) is 1.51. The lowest BCUT2D eigenvalue weighted by atomic mass is 10.2. The predicted octanol–water partition coefficient (Wildman–Crippen LogP) is 2.17. The number of benzene rings is 1. The van der Waals surface area contributed by atoms with Gasteiger partial charge in [0.15, 0.2) is 0 Å². The first kappa shape index (κ1) is 14.5. The van der Waals surface area contributed by atoms with Crippen molar-refractivity contribution in [3.8, 4) is 5.75 Å². The number of aryl methyl sites for hydroxylation is 1. The summed E-state index contributed by atoms with van der Waals surface area (Å²) in [5.74, 6) is 0.622. The van der Waals surface area contributed by atoms with E-state index in [2.05, 4.69) is 4.98 Å². The van der Waals surface area contributed by atoms with Gasteiger partial charge in [-0.1, -0.05) is 17.7 Å². The van der Waals surface area contributed by atoms with Gasteiger partial charge in [-0.05, 0) is 31.2 Å². The van der Waals surface area contributed by atoms with Gasteiger partial charge in [0.2, 0.25) is 0 Å². The molecule has 1 heterocycles. The van der Waals surface area contributed by atoms with E-state index in [1.54, 1.807) is 36.7 Å². The molecule has 0 saturated carbocycles. The molecule has 0 spiro atoms. The van der Waals surface area contributed by atoms with Crippen LogP contribution in [-0.4, -0.2) is 26.6 Å². The number of ether oxygens (including phenoxy) is 1. The maximum absolute atomic E-state index is 11.9. The molecule has 0 unspecified atom stereocenters. The molecule has 0 bridgehead atoms. The third kappa shape index (κ3) is 4.04. The Morgan fingerprint density at radius 1 is 1.00 bits per heavy atom. The summed E-state index contributed by atoms with van der Waals surface area (Å²) in [6.07, 6.45) is 3.19. The zero-order chi connectivity index (χ0) is 14.4. The first-order valence-corrected chi connectivity index (χ1v) is 7.48. The Labute approximate surface area is 118 Å². The van der Waals surface area contributed by atoms with Crippen molar-refractivity contribution in [2.24, 2.45) is 0 Å². The average molecular weight is 293 g/mol. The Morgan fingerprint density at radius 3 is 2.30 bits per heavy atom. The monoisotopic (exact) mass is 293 g/mol.